The summed E-state index contributed by atoms with van der Waals surface area (Å²) in [5.41, 5.74) is -0.0395. The number of aromatic nitrogens is 1. The number of nitrogens with zero attached hydrogens (tertiary/aromatic N) is 3. The highest BCUT2D eigenvalue weighted by Crippen LogP contribution is 2.23. The molecule has 0 aromatic carbocycles. The Morgan fingerprint density at radius 3 is 3.00 bits per heavy atom. The average Bonchev–Trinajstić information content (AvgIpc) is 2.53. The topological polar surface area (TPSA) is 86.1 Å². The highest BCUT2D eigenvalue weighted by Gasteiger charge is 2.33. The zero-order valence-corrected chi connectivity index (χ0v) is 12.9. The number of sulfonamides is 1. The Bertz CT molecular complexity index is 618. The molecule has 2 rings (SSSR count). The Balaban J connectivity index is 2.40. The van der Waals surface area contributed by atoms with E-state index in [-0.39, 0.29) is 16.6 Å². The molecule has 1 unspecified atom stereocenters. The summed E-state index contributed by atoms with van der Waals surface area (Å²) in [5, 5.41) is 12.3. The Hall–Kier alpha value is -1.49. The fourth-order valence-corrected chi connectivity index (χ4v) is 4.45. The first kappa shape index (κ1) is 15.9. The first-order valence-corrected chi connectivity index (χ1v) is 8.63. The number of rotatable bonds is 5. The molecular formula is C14H20N4O2S. The van der Waals surface area contributed by atoms with Crippen LogP contribution in [-0.2, 0) is 10.0 Å². The molecule has 7 heteroatoms. The van der Waals surface area contributed by atoms with Gasteiger partial charge in [-0.1, -0.05) is 6.92 Å². The van der Waals surface area contributed by atoms with E-state index < -0.39 is 10.0 Å². The second kappa shape index (κ2) is 6.98. The maximum atomic E-state index is 12.9. The van der Waals surface area contributed by atoms with Crippen LogP contribution in [0.25, 0.3) is 0 Å². The van der Waals surface area contributed by atoms with Gasteiger partial charge in [-0.2, -0.15) is 9.57 Å². The smallest absolute Gasteiger partial charge is 0.246 e. The van der Waals surface area contributed by atoms with Gasteiger partial charge in [0.15, 0.2) is 5.69 Å². The van der Waals surface area contributed by atoms with Crippen LogP contribution in [-0.4, -0.2) is 43.4 Å². The number of nitriles is 1. The average molecular weight is 308 g/mol. The molecule has 0 aliphatic carbocycles. The number of piperidine rings is 1. The molecule has 0 saturated carbocycles. The summed E-state index contributed by atoms with van der Waals surface area (Å²) in [7, 11) is -3.70. The lowest BCUT2D eigenvalue weighted by atomic mass is 10.1. The number of hydrogen-bond donors (Lipinski definition) is 1. The van der Waals surface area contributed by atoms with Crippen LogP contribution < -0.4 is 5.32 Å². The van der Waals surface area contributed by atoms with Crippen LogP contribution in [0.5, 0.6) is 0 Å². The predicted octanol–water partition coefficient (Wildman–Crippen LogP) is 1.11. The summed E-state index contributed by atoms with van der Waals surface area (Å²) < 4.78 is 27.3. The number of hydrogen-bond acceptors (Lipinski definition) is 5. The first-order valence-electron chi connectivity index (χ1n) is 7.19. The van der Waals surface area contributed by atoms with Gasteiger partial charge in [0.2, 0.25) is 10.0 Å². The van der Waals surface area contributed by atoms with E-state index in [4.69, 9.17) is 5.26 Å². The molecule has 114 valence electrons. The molecule has 1 fully saturated rings. The van der Waals surface area contributed by atoms with Crippen LogP contribution in [0.15, 0.2) is 23.2 Å². The maximum absolute atomic E-state index is 12.9. The maximum Gasteiger partial charge on any atom is 0.246 e. The Labute approximate surface area is 125 Å². The van der Waals surface area contributed by atoms with Crippen LogP contribution in [0.3, 0.4) is 0 Å². The van der Waals surface area contributed by atoms with Crippen LogP contribution in [0.2, 0.25) is 0 Å². The Morgan fingerprint density at radius 1 is 1.57 bits per heavy atom. The van der Waals surface area contributed by atoms with Crippen molar-refractivity contribution in [3.63, 3.8) is 0 Å². The van der Waals surface area contributed by atoms with Crippen molar-refractivity contribution in [2.45, 2.75) is 37.1 Å². The minimum Gasteiger partial charge on any atom is -0.315 e. The van der Waals surface area contributed by atoms with Gasteiger partial charge in [-0.25, -0.2) is 13.4 Å². The molecule has 2 heterocycles. The summed E-state index contributed by atoms with van der Waals surface area (Å²) in [4.78, 5) is 3.87. The minimum absolute atomic E-state index is 0.00604. The first-order chi connectivity index (χ1) is 10.1. The third-order valence-electron chi connectivity index (χ3n) is 3.59. The van der Waals surface area contributed by atoms with Gasteiger partial charge in [-0.15, -0.1) is 0 Å². The van der Waals surface area contributed by atoms with Gasteiger partial charge >= 0.3 is 0 Å². The Kier molecular flexibility index (Phi) is 5.28. The van der Waals surface area contributed by atoms with E-state index >= 15 is 0 Å². The molecule has 1 N–H and O–H groups in total. The molecule has 1 aromatic heterocycles. The van der Waals surface area contributed by atoms with Gasteiger partial charge in [-0.3, -0.25) is 0 Å². The van der Waals surface area contributed by atoms with Gasteiger partial charge in [0, 0.05) is 25.3 Å². The summed E-state index contributed by atoms with van der Waals surface area (Å²) in [6.45, 7) is 3.98. The van der Waals surface area contributed by atoms with Crippen molar-refractivity contribution in [1.29, 1.82) is 5.26 Å². The second-order valence-corrected chi connectivity index (χ2v) is 6.94. The van der Waals surface area contributed by atoms with Crippen molar-refractivity contribution < 1.29 is 8.42 Å². The molecule has 6 nitrogen and oxygen atoms in total. The summed E-state index contributed by atoms with van der Waals surface area (Å²) in [6, 6.07) is 4.82. The lowest BCUT2D eigenvalue weighted by molar-refractivity contribution is 0.266. The molecule has 0 radical (unpaired) electrons. The highest BCUT2D eigenvalue weighted by molar-refractivity contribution is 7.89. The van der Waals surface area contributed by atoms with Crippen molar-refractivity contribution in [2.75, 3.05) is 19.6 Å². The van der Waals surface area contributed by atoms with E-state index in [0.29, 0.717) is 13.1 Å². The fourth-order valence-electron chi connectivity index (χ4n) is 2.61. The molecule has 0 spiro atoms. The second-order valence-electron chi connectivity index (χ2n) is 5.08. The van der Waals surface area contributed by atoms with E-state index in [2.05, 4.69) is 10.3 Å². The van der Waals surface area contributed by atoms with Gasteiger partial charge in [0.1, 0.15) is 11.0 Å². The van der Waals surface area contributed by atoms with Crippen molar-refractivity contribution in [3.8, 4) is 6.07 Å². The molecule has 0 bridgehead atoms. The summed E-state index contributed by atoms with van der Waals surface area (Å²) >= 11 is 0. The van der Waals surface area contributed by atoms with Crippen LogP contribution in [0.4, 0.5) is 0 Å². The van der Waals surface area contributed by atoms with Crippen molar-refractivity contribution in [3.05, 3.63) is 24.0 Å². The van der Waals surface area contributed by atoms with Gasteiger partial charge < -0.3 is 5.32 Å². The zero-order chi connectivity index (χ0) is 15.3. The molecule has 1 aliphatic heterocycles. The molecule has 21 heavy (non-hydrogen) atoms. The fraction of sp³-hybridized carbons (Fsp3) is 0.571. The van der Waals surface area contributed by atoms with E-state index in [1.165, 1.54) is 16.6 Å². The van der Waals surface area contributed by atoms with Crippen molar-refractivity contribution >= 4 is 10.0 Å². The third kappa shape index (κ3) is 3.40. The van der Waals surface area contributed by atoms with E-state index in [9.17, 15) is 8.42 Å². The lowest BCUT2D eigenvalue weighted by Crippen LogP contribution is -2.49. The molecule has 1 aliphatic rings. The van der Waals surface area contributed by atoms with E-state index in [1.807, 2.05) is 13.0 Å². The highest BCUT2D eigenvalue weighted by atomic mass is 32.2. The van der Waals surface area contributed by atoms with Gasteiger partial charge in [0.25, 0.3) is 0 Å². The molecule has 1 saturated heterocycles. The summed E-state index contributed by atoms with van der Waals surface area (Å²) in [6.07, 6.45) is 3.97. The van der Waals surface area contributed by atoms with Crippen LogP contribution >= 0.6 is 0 Å². The summed E-state index contributed by atoms with van der Waals surface area (Å²) in [5.74, 6) is 0. The van der Waals surface area contributed by atoms with E-state index in [0.717, 1.165) is 25.8 Å². The van der Waals surface area contributed by atoms with Crippen molar-refractivity contribution in [1.82, 2.24) is 14.6 Å². The van der Waals surface area contributed by atoms with Gasteiger partial charge in [-0.05, 0) is 37.9 Å². The predicted molar refractivity (Wildman–Crippen MR) is 79.0 cm³/mol. The number of pyridine rings is 1. The minimum atomic E-state index is -3.70. The third-order valence-corrected chi connectivity index (χ3v) is 5.57. The Morgan fingerprint density at radius 2 is 2.38 bits per heavy atom. The monoisotopic (exact) mass is 308 g/mol. The number of nitrogens with one attached hydrogen (secondary N) is 1. The van der Waals surface area contributed by atoms with Crippen LogP contribution in [0, 0.1) is 11.3 Å². The van der Waals surface area contributed by atoms with Gasteiger partial charge in [0.05, 0.1) is 0 Å². The molecular weight excluding hydrogens is 288 g/mol. The normalized spacial score (nSPS) is 19.4. The lowest BCUT2D eigenvalue weighted by Gasteiger charge is -2.33. The SMILES string of the molecule is CCCN(C1CCCNC1)S(=O)(=O)c1cccnc1C#N. The molecule has 0 amide bonds. The molecule has 1 aromatic rings. The zero-order valence-electron chi connectivity index (χ0n) is 12.1. The standard InChI is InChI=1S/C14H20N4O2S/c1-2-9-18(12-5-3-7-16-11-12)21(19,20)14-6-4-8-17-13(14)10-15/h4,6,8,12,16H,2-3,5,7,9,11H2,1H3. The largest absolute Gasteiger partial charge is 0.315 e. The quantitative estimate of drug-likeness (QED) is 0.880. The van der Waals surface area contributed by atoms with Crippen LogP contribution in [0.1, 0.15) is 31.9 Å². The van der Waals surface area contributed by atoms with E-state index in [1.54, 1.807) is 6.07 Å². The molecule has 1 atom stereocenters. The van der Waals surface area contributed by atoms with Crippen molar-refractivity contribution in [2.24, 2.45) is 0 Å².